The Kier molecular flexibility index (Phi) is 3.82. The highest BCUT2D eigenvalue weighted by molar-refractivity contribution is 4.81. The number of likely N-dealkylation sites (tertiary alicyclic amines) is 1. The summed E-state index contributed by atoms with van der Waals surface area (Å²) in [5, 5.41) is 3.58. The highest BCUT2D eigenvalue weighted by Gasteiger charge is 2.24. The van der Waals surface area contributed by atoms with Crippen molar-refractivity contribution >= 4 is 0 Å². The average Bonchev–Trinajstić information content (AvgIpc) is 2.13. The number of piperidine rings is 1. The van der Waals surface area contributed by atoms with E-state index in [0.717, 1.165) is 18.5 Å². The lowest BCUT2D eigenvalue weighted by molar-refractivity contribution is 0.136. The van der Waals surface area contributed by atoms with Crippen LogP contribution in [-0.4, -0.2) is 37.1 Å². The molecule has 2 aliphatic rings. The Labute approximate surface area is 88.1 Å². The van der Waals surface area contributed by atoms with Crippen molar-refractivity contribution in [2.75, 3.05) is 26.2 Å². The highest BCUT2D eigenvalue weighted by atomic mass is 15.2. The monoisotopic (exact) mass is 196 g/mol. The Morgan fingerprint density at radius 3 is 2.71 bits per heavy atom. The van der Waals surface area contributed by atoms with E-state index in [1.165, 1.54) is 51.7 Å². The number of hydrogen-bond acceptors (Lipinski definition) is 2. The zero-order chi connectivity index (χ0) is 9.80. The third-order valence-corrected chi connectivity index (χ3v) is 3.74. The van der Waals surface area contributed by atoms with Gasteiger partial charge in [-0.3, -0.25) is 0 Å². The molecule has 1 atom stereocenters. The first-order valence-corrected chi connectivity index (χ1v) is 6.34. The van der Waals surface area contributed by atoms with E-state index < -0.39 is 0 Å². The van der Waals surface area contributed by atoms with Crippen LogP contribution in [0.3, 0.4) is 0 Å². The fourth-order valence-corrected chi connectivity index (χ4v) is 2.72. The van der Waals surface area contributed by atoms with Gasteiger partial charge in [0.15, 0.2) is 0 Å². The van der Waals surface area contributed by atoms with Gasteiger partial charge in [-0.1, -0.05) is 13.3 Å². The van der Waals surface area contributed by atoms with Gasteiger partial charge in [0.2, 0.25) is 0 Å². The maximum absolute atomic E-state index is 3.58. The topological polar surface area (TPSA) is 15.3 Å². The summed E-state index contributed by atoms with van der Waals surface area (Å²) in [4.78, 5) is 2.68. The lowest BCUT2D eigenvalue weighted by atomic mass is 9.84. The standard InChI is InChI=1S/C12H24N2/c1-2-13-12-7-4-8-14(10-12)9-11-5-3-6-11/h11-13H,2-10H2,1H3. The van der Waals surface area contributed by atoms with E-state index in [0.29, 0.717) is 0 Å². The Morgan fingerprint density at radius 2 is 2.07 bits per heavy atom. The summed E-state index contributed by atoms with van der Waals surface area (Å²) in [6.07, 6.45) is 7.24. The van der Waals surface area contributed by atoms with Crippen molar-refractivity contribution in [3.05, 3.63) is 0 Å². The van der Waals surface area contributed by atoms with Crippen LogP contribution in [0.1, 0.15) is 39.0 Å². The van der Waals surface area contributed by atoms with E-state index in [9.17, 15) is 0 Å². The molecular weight excluding hydrogens is 172 g/mol. The lowest BCUT2D eigenvalue weighted by Gasteiger charge is -2.37. The largest absolute Gasteiger partial charge is 0.313 e. The first-order valence-electron chi connectivity index (χ1n) is 6.34. The van der Waals surface area contributed by atoms with Gasteiger partial charge in [-0.15, -0.1) is 0 Å². The molecule has 0 aromatic heterocycles. The normalized spacial score (nSPS) is 30.2. The van der Waals surface area contributed by atoms with Gasteiger partial charge >= 0.3 is 0 Å². The zero-order valence-corrected chi connectivity index (χ0v) is 9.47. The van der Waals surface area contributed by atoms with Gasteiger partial charge in [-0.05, 0) is 44.7 Å². The molecule has 0 spiro atoms. The van der Waals surface area contributed by atoms with Crippen molar-refractivity contribution in [1.29, 1.82) is 0 Å². The first kappa shape index (κ1) is 10.4. The molecule has 1 heterocycles. The summed E-state index contributed by atoms with van der Waals surface area (Å²) < 4.78 is 0. The zero-order valence-electron chi connectivity index (χ0n) is 9.47. The van der Waals surface area contributed by atoms with Gasteiger partial charge in [0.1, 0.15) is 0 Å². The Hall–Kier alpha value is -0.0800. The minimum Gasteiger partial charge on any atom is -0.313 e. The van der Waals surface area contributed by atoms with Crippen molar-refractivity contribution in [3.8, 4) is 0 Å². The van der Waals surface area contributed by atoms with Crippen LogP contribution in [0.5, 0.6) is 0 Å². The van der Waals surface area contributed by atoms with Gasteiger partial charge in [-0.25, -0.2) is 0 Å². The van der Waals surface area contributed by atoms with E-state index in [2.05, 4.69) is 17.1 Å². The molecule has 1 saturated carbocycles. The van der Waals surface area contributed by atoms with Crippen LogP contribution in [0.4, 0.5) is 0 Å². The van der Waals surface area contributed by atoms with Crippen LogP contribution in [0.25, 0.3) is 0 Å². The Balaban J connectivity index is 1.69. The number of nitrogens with zero attached hydrogens (tertiary/aromatic N) is 1. The summed E-state index contributed by atoms with van der Waals surface area (Å²) in [5.41, 5.74) is 0. The maximum Gasteiger partial charge on any atom is 0.0195 e. The fraction of sp³-hybridized carbons (Fsp3) is 1.00. The van der Waals surface area contributed by atoms with Crippen LogP contribution in [0, 0.1) is 5.92 Å². The molecule has 1 aliphatic carbocycles. The molecule has 2 rings (SSSR count). The third kappa shape index (κ3) is 2.71. The molecule has 0 amide bonds. The second-order valence-corrected chi connectivity index (χ2v) is 4.95. The van der Waals surface area contributed by atoms with Crippen LogP contribution >= 0.6 is 0 Å². The van der Waals surface area contributed by atoms with Crippen LogP contribution in [0.15, 0.2) is 0 Å². The predicted octanol–water partition coefficient (Wildman–Crippen LogP) is 1.86. The van der Waals surface area contributed by atoms with Crippen LogP contribution in [0.2, 0.25) is 0 Å². The summed E-state index contributed by atoms with van der Waals surface area (Å²) in [5.74, 6) is 1.04. The molecule has 0 aromatic rings. The number of hydrogen-bond donors (Lipinski definition) is 1. The molecule has 2 fully saturated rings. The van der Waals surface area contributed by atoms with Crippen molar-refractivity contribution in [1.82, 2.24) is 10.2 Å². The predicted molar refractivity (Wildman–Crippen MR) is 60.5 cm³/mol. The van der Waals surface area contributed by atoms with E-state index in [1.807, 2.05) is 0 Å². The minimum absolute atomic E-state index is 0.772. The van der Waals surface area contributed by atoms with Gasteiger partial charge in [-0.2, -0.15) is 0 Å². The molecule has 1 saturated heterocycles. The number of nitrogens with one attached hydrogen (secondary N) is 1. The van der Waals surface area contributed by atoms with E-state index in [4.69, 9.17) is 0 Å². The molecule has 14 heavy (non-hydrogen) atoms. The average molecular weight is 196 g/mol. The van der Waals surface area contributed by atoms with Crippen molar-refractivity contribution in [2.45, 2.75) is 45.1 Å². The lowest BCUT2D eigenvalue weighted by Crippen LogP contribution is -2.47. The van der Waals surface area contributed by atoms with Crippen molar-refractivity contribution < 1.29 is 0 Å². The molecule has 82 valence electrons. The fourth-order valence-electron chi connectivity index (χ4n) is 2.72. The Morgan fingerprint density at radius 1 is 1.21 bits per heavy atom. The highest BCUT2D eigenvalue weighted by Crippen LogP contribution is 2.27. The van der Waals surface area contributed by atoms with Gasteiger partial charge in [0, 0.05) is 19.1 Å². The third-order valence-electron chi connectivity index (χ3n) is 3.74. The number of rotatable bonds is 4. The molecular formula is C12H24N2. The van der Waals surface area contributed by atoms with E-state index in [-0.39, 0.29) is 0 Å². The molecule has 0 bridgehead atoms. The van der Waals surface area contributed by atoms with Gasteiger partial charge < -0.3 is 10.2 Å². The summed E-state index contributed by atoms with van der Waals surface area (Å²) in [6, 6.07) is 0.772. The molecule has 1 unspecified atom stereocenters. The Bertz CT molecular complexity index is 164. The maximum atomic E-state index is 3.58. The second-order valence-electron chi connectivity index (χ2n) is 4.95. The SMILES string of the molecule is CCNC1CCCN(CC2CCC2)C1. The van der Waals surface area contributed by atoms with Crippen LogP contribution in [-0.2, 0) is 0 Å². The molecule has 2 heteroatoms. The summed E-state index contributed by atoms with van der Waals surface area (Å²) >= 11 is 0. The quantitative estimate of drug-likeness (QED) is 0.738. The van der Waals surface area contributed by atoms with E-state index in [1.54, 1.807) is 0 Å². The van der Waals surface area contributed by atoms with Crippen molar-refractivity contribution in [3.63, 3.8) is 0 Å². The molecule has 2 nitrogen and oxygen atoms in total. The second kappa shape index (κ2) is 5.13. The summed E-state index contributed by atoms with van der Waals surface area (Å²) in [6.45, 7) is 7.36. The molecule has 1 N–H and O–H groups in total. The van der Waals surface area contributed by atoms with Gasteiger partial charge in [0.05, 0.1) is 0 Å². The molecule has 0 aromatic carbocycles. The summed E-state index contributed by atoms with van der Waals surface area (Å²) in [7, 11) is 0. The molecule has 0 radical (unpaired) electrons. The van der Waals surface area contributed by atoms with Crippen LogP contribution < -0.4 is 5.32 Å². The minimum atomic E-state index is 0.772. The molecule has 1 aliphatic heterocycles. The van der Waals surface area contributed by atoms with Gasteiger partial charge in [0.25, 0.3) is 0 Å². The smallest absolute Gasteiger partial charge is 0.0195 e. The number of likely N-dealkylation sites (N-methyl/N-ethyl adjacent to an activating group) is 1. The first-order chi connectivity index (χ1) is 6.88. The van der Waals surface area contributed by atoms with E-state index >= 15 is 0 Å². The van der Waals surface area contributed by atoms with Crippen molar-refractivity contribution in [2.24, 2.45) is 5.92 Å².